The van der Waals surface area contributed by atoms with E-state index in [1.807, 2.05) is 0 Å². The van der Waals surface area contributed by atoms with Crippen LogP contribution in [-0.4, -0.2) is 24.7 Å². The van der Waals surface area contributed by atoms with Crippen molar-refractivity contribution in [3.05, 3.63) is 11.8 Å². The van der Waals surface area contributed by atoms with Gasteiger partial charge in [-0.3, -0.25) is 4.79 Å². The molecule has 1 rings (SSSR count). The number of nitrogens with zero attached hydrogens (tertiary/aromatic N) is 1. The second-order valence-corrected chi connectivity index (χ2v) is 3.32. The van der Waals surface area contributed by atoms with E-state index in [1.165, 1.54) is 14.0 Å². The summed E-state index contributed by atoms with van der Waals surface area (Å²) in [7, 11) is 1.19. The van der Waals surface area contributed by atoms with Crippen molar-refractivity contribution in [3.8, 4) is 6.07 Å². The molecule has 16 heavy (non-hydrogen) atoms. The highest BCUT2D eigenvalue weighted by molar-refractivity contribution is 5.86. The van der Waals surface area contributed by atoms with Crippen LogP contribution in [-0.2, 0) is 19.1 Å². The summed E-state index contributed by atoms with van der Waals surface area (Å²) >= 11 is 0. The van der Waals surface area contributed by atoms with Crippen LogP contribution in [0.2, 0.25) is 0 Å². The zero-order valence-corrected chi connectivity index (χ0v) is 9.07. The molecule has 0 saturated heterocycles. The zero-order valence-electron chi connectivity index (χ0n) is 9.07. The Hall–Kier alpha value is -2.03. The van der Waals surface area contributed by atoms with Crippen molar-refractivity contribution in [1.82, 2.24) is 5.32 Å². The molecule has 1 unspecified atom stereocenters. The van der Waals surface area contributed by atoms with Crippen molar-refractivity contribution in [1.29, 1.82) is 5.26 Å². The van der Waals surface area contributed by atoms with E-state index in [4.69, 9.17) is 10.00 Å². The Morgan fingerprint density at radius 3 is 2.88 bits per heavy atom. The summed E-state index contributed by atoms with van der Waals surface area (Å²) in [4.78, 5) is 22.6. The van der Waals surface area contributed by atoms with Gasteiger partial charge in [0.05, 0.1) is 7.11 Å². The SMILES string of the molecule is COC(=O)C1(NC(C)=O)CCC=C(C#N)O1. The average molecular weight is 224 g/mol. The maximum absolute atomic E-state index is 11.6. The monoisotopic (exact) mass is 224 g/mol. The maximum atomic E-state index is 11.6. The fourth-order valence-corrected chi connectivity index (χ4v) is 1.49. The minimum atomic E-state index is -1.57. The fraction of sp³-hybridized carbons (Fsp3) is 0.500. The first-order valence-electron chi connectivity index (χ1n) is 4.70. The highest BCUT2D eigenvalue weighted by Crippen LogP contribution is 2.26. The Balaban J connectivity index is 2.98. The van der Waals surface area contributed by atoms with Crippen LogP contribution >= 0.6 is 0 Å². The van der Waals surface area contributed by atoms with Gasteiger partial charge in [-0.05, 0) is 12.5 Å². The van der Waals surface area contributed by atoms with Gasteiger partial charge in [0.15, 0.2) is 5.76 Å². The zero-order chi connectivity index (χ0) is 12.2. The molecule has 0 aromatic rings. The van der Waals surface area contributed by atoms with Crippen molar-refractivity contribution < 1.29 is 19.1 Å². The van der Waals surface area contributed by atoms with E-state index in [2.05, 4.69) is 10.1 Å². The van der Waals surface area contributed by atoms with Crippen LogP contribution in [0.1, 0.15) is 19.8 Å². The summed E-state index contributed by atoms with van der Waals surface area (Å²) in [5.41, 5.74) is -1.57. The van der Waals surface area contributed by atoms with Crippen LogP contribution in [0.3, 0.4) is 0 Å². The molecule has 0 aromatic heterocycles. The van der Waals surface area contributed by atoms with E-state index in [0.717, 1.165) is 0 Å². The first-order valence-corrected chi connectivity index (χ1v) is 4.70. The summed E-state index contributed by atoms with van der Waals surface area (Å²) < 4.78 is 9.75. The van der Waals surface area contributed by atoms with Crippen molar-refractivity contribution in [2.45, 2.75) is 25.5 Å². The van der Waals surface area contributed by atoms with E-state index in [9.17, 15) is 9.59 Å². The number of hydrogen-bond acceptors (Lipinski definition) is 5. The van der Waals surface area contributed by atoms with Gasteiger partial charge in [-0.2, -0.15) is 5.26 Å². The number of ether oxygens (including phenoxy) is 2. The normalized spacial score (nSPS) is 23.4. The number of amides is 1. The number of allylic oxidation sites excluding steroid dienone is 2. The molecule has 1 N–H and O–H groups in total. The summed E-state index contributed by atoms with van der Waals surface area (Å²) in [5.74, 6) is -1.14. The number of nitriles is 1. The summed E-state index contributed by atoms with van der Waals surface area (Å²) in [6.45, 7) is 1.26. The molecule has 1 atom stereocenters. The predicted octanol–water partition coefficient (Wildman–Crippen LogP) is 0.210. The molecule has 0 aromatic carbocycles. The molecule has 0 radical (unpaired) electrons. The van der Waals surface area contributed by atoms with Crippen LogP contribution in [0.4, 0.5) is 0 Å². The van der Waals surface area contributed by atoms with Crippen LogP contribution in [0, 0.1) is 11.3 Å². The van der Waals surface area contributed by atoms with Crippen LogP contribution in [0.25, 0.3) is 0 Å². The third kappa shape index (κ3) is 2.31. The molecule has 6 heteroatoms. The molecular formula is C10H12N2O4. The maximum Gasteiger partial charge on any atom is 0.372 e. The molecule has 6 nitrogen and oxygen atoms in total. The largest absolute Gasteiger partial charge is 0.465 e. The topological polar surface area (TPSA) is 88.4 Å². The molecule has 0 aliphatic carbocycles. The Kier molecular flexibility index (Phi) is 3.51. The first kappa shape index (κ1) is 12.0. The van der Waals surface area contributed by atoms with E-state index in [0.29, 0.717) is 6.42 Å². The highest BCUT2D eigenvalue weighted by Gasteiger charge is 2.45. The quantitative estimate of drug-likeness (QED) is 0.677. The van der Waals surface area contributed by atoms with Crippen LogP contribution in [0.5, 0.6) is 0 Å². The number of rotatable bonds is 2. The number of esters is 1. The minimum Gasteiger partial charge on any atom is -0.465 e. The van der Waals surface area contributed by atoms with E-state index < -0.39 is 17.6 Å². The lowest BCUT2D eigenvalue weighted by Crippen LogP contribution is -2.57. The third-order valence-corrected chi connectivity index (χ3v) is 2.11. The molecule has 1 aliphatic heterocycles. The lowest BCUT2D eigenvalue weighted by atomic mass is 10.0. The van der Waals surface area contributed by atoms with Crippen molar-refractivity contribution >= 4 is 11.9 Å². The van der Waals surface area contributed by atoms with Gasteiger partial charge in [-0.25, -0.2) is 4.79 Å². The Labute approximate surface area is 92.8 Å². The Morgan fingerprint density at radius 2 is 2.38 bits per heavy atom. The van der Waals surface area contributed by atoms with Gasteiger partial charge in [-0.1, -0.05) is 0 Å². The molecule has 0 fully saturated rings. The van der Waals surface area contributed by atoms with Gasteiger partial charge < -0.3 is 14.8 Å². The molecular weight excluding hydrogens is 212 g/mol. The lowest BCUT2D eigenvalue weighted by Gasteiger charge is -2.33. The van der Waals surface area contributed by atoms with Gasteiger partial charge in [0.25, 0.3) is 5.72 Å². The summed E-state index contributed by atoms with van der Waals surface area (Å²) in [5, 5.41) is 11.1. The molecule has 0 saturated carbocycles. The third-order valence-electron chi connectivity index (χ3n) is 2.11. The second kappa shape index (κ2) is 4.66. The van der Waals surface area contributed by atoms with Crippen LogP contribution in [0.15, 0.2) is 11.8 Å². The predicted molar refractivity (Wildman–Crippen MR) is 52.6 cm³/mol. The molecule has 0 bridgehead atoms. The number of carbonyl (C=O) groups is 2. The summed E-state index contributed by atoms with van der Waals surface area (Å²) in [6, 6.07) is 1.79. The Bertz CT molecular complexity index is 383. The van der Waals surface area contributed by atoms with Crippen molar-refractivity contribution in [2.24, 2.45) is 0 Å². The fourth-order valence-electron chi connectivity index (χ4n) is 1.49. The average Bonchev–Trinajstić information content (AvgIpc) is 2.27. The molecule has 1 amide bonds. The first-order chi connectivity index (χ1) is 7.54. The van der Waals surface area contributed by atoms with E-state index >= 15 is 0 Å². The van der Waals surface area contributed by atoms with Crippen LogP contribution < -0.4 is 5.32 Å². The second-order valence-electron chi connectivity index (χ2n) is 3.32. The van der Waals surface area contributed by atoms with E-state index in [-0.39, 0.29) is 12.2 Å². The van der Waals surface area contributed by atoms with Gasteiger partial charge >= 0.3 is 5.97 Å². The van der Waals surface area contributed by atoms with Crippen molar-refractivity contribution in [2.75, 3.05) is 7.11 Å². The minimum absolute atomic E-state index is 0.00500. The number of hydrogen-bond donors (Lipinski definition) is 1. The smallest absolute Gasteiger partial charge is 0.372 e. The van der Waals surface area contributed by atoms with Gasteiger partial charge in [0, 0.05) is 13.3 Å². The number of nitrogens with one attached hydrogen (secondary N) is 1. The molecule has 1 aliphatic rings. The van der Waals surface area contributed by atoms with Crippen molar-refractivity contribution in [3.63, 3.8) is 0 Å². The number of methoxy groups -OCH3 is 1. The molecule has 0 spiro atoms. The Morgan fingerprint density at radius 1 is 1.69 bits per heavy atom. The van der Waals surface area contributed by atoms with Gasteiger partial charge in [0.2, 0.25) is 5.91 Å². The highest BCUT2D eigenvalue weighted by atomic mass is 16.6. The summed E-state index contributed by atoms with van der Waals surface area (Å²) in [6.07, 6.45) is 2.26. The van der Waals surface area contributed by atoms with Gasteiger partial charge in [0.1, 0.15) is 6.07 Å². The molecule has 86 valence electrons. The lowest BCUT2D eigenvalue weighted by molar-refractivity contribution is -0.173. The standard InChI is InChI=1S/C10H12N2O4/c1-7(13)12-10(9(14)15-2)5-3-4-8(6-11)16-10/h4H,3,5H2,1-2H3,(H,12,13). The van der Waals surface area contributed by atoms with E-state index in [1.54, 1.807) is 12.1 Å². The van der Waals surface area contributed by atoms with Gasteiger partial charge in [-0.15, -0.1) is 0 Å². The molecule has 1 heterocycles. The number of carbonyl (C=O) groups excluding carboxylic acids is 2.